The molecule has 3 rings (SSSR count). The van der Waals surface area contributed by atoms with E-state index < -0.39 is 11.6 Å². The van der Waals surface area contributed by atoms with Gasteiger partial charge in [0.05, 0.1) is 11.6 Å². The molecule has 1 saturated carbocycles. The predicted octanol–water partition coefficient (Wildman–Crippen LogP) is 7.20. The molecule has 0 bridgehead atoms. The van der Waals surface area contributed by atoms with Gasteiger partial charge in [0.1, 0.15) is 5.66 Å². The number of amidine groups is 1. The average Bonchev–Trinajstić information content (AvgIpc) is 3.07. The van der Waals surface area contributed by atoms with Gasteiger partial charge in [-0.1, -0.05) is 72.9 Å². The van der Waals surface area contributed by atoms with Gasteiger partial charge < -0.3 is 15.3 Å². The Balaban J connectivity index is 1.97. The summed E-state index contributed by atoms with van der Waals surface area (Å²) in [5.41, 5.74) is 0.765. The molecule has 6 nitrogen and oxygen atoms in total. The molecule has 37 heavy (non-hydrogen) atoms. The van der Waals surface area contributed by atoms with Crippen LogP contribution in [-0.4, -0.2) is 39.4 Å². The first kappa shape index (κ1) is 29.2. The van der Waals surface area contributed by atoms with Gasteiger partial charge >= 0.3 is 5.97 Å². The van der Waals surface area contributed by atoms with Crippen LogP contribution in [-0.2, 0) is 4.79 Å². The molecule has 1 aromatic rings. The molecule has 2 unspecified atom stereocenters. The monoisotopic (exact) mass is 511 g/mol. The second kappa shape index (κ2) is 12.0. The first-order chi connectivity index (χ1) is 17.3. The first-order valence-electron chi connectivity index (χ1n) is 14.3. The quantitative estimate of drug-likeness (QED) is 0.348. The van der Waals surface area contributed by atoms with Crippen LogP contribution in [0.1, 0.15) is 128 Å². The Kier molecular flexibility index (Phi) is 9.47. The molecule has 1 fully saturated rings. The molecule has 3 atom stereocenters. The Bertz CT molecular complexity index is 957. The molecule has 1 heterocycles. The van der Waals surface area contributed by atoms with Crippen molar-refractivity contribution in [2.45, 2.75) is 124 Å². The highest BCUT2D eigenvalue weighted by atomic mass is 16.4. The van der Waals surface area contributed by atoms with E-state index in [0.717, 1.165) is 44.1 Å². The van der Waals surface area contributed by atoms with Crippen LogP contribution in [0, 0.1) is 17.3 Å². The fraction of sp³-hybridized carbons (Fsp3) is 0.710. The molecule has 206 valence electrons. The number of carbonyl (C=O) groups excluding carboxylic acids is 1. The molecule has 1 aliphatic carbocycles. The summed E-state index contributed by atoms with van der Waals surface area (Å²) in [4.78, 5) is 32.7. The minimum atomic E-state index is -0.939. The van der Waals surface area contributed by atoms with E-state index in [0.29, 0.717) is 23.7 Å². The Morgan fingerprint density at radius 2 is 1.70 bits per heavy atom. The number of aromatic carboxylic acids is 1. The summed E-state index contributed by atoms with van der Waals surface area (Å²) in [5, 5.41) is 13.0. The van der Waals surface area contributed by atoms with E-state index in [4.69, 9.17) is 4.99 Å². The molecule has 2 N–H and O–H groups in total. The second-order valence-corrected chi connectivity index (χ2v) is 13.1. The first-order valence-corrected chi connectivity index (χ1v) is 14.3. The number of carbonyl (C=O) groups is 2. The van der Waals surface area contributed by atoms with Gasteiger partial charge in [-0.25, -0.2) is 9.79 Å². The lowest BCUT2D eigenvalue weighted by atomic mass is 9.78. The van der Waals surface area contributed by atoms with Crippen molar-refractivity contribution in [3.63, 3.8) is 0 Å². The van der Waals surface area contributed by atoms with E-state index in [1.54, 1.807) is 12.1 Å². The van der Waals surface area contributed by atoms with Crippen molar-refractivity contribution in [3.8, 4) is 0 Å². The lowest BCUT2D eigenvalue weighted by Crippen LogP contribution is -2.49. The van der Waals surface area contributed by atoms with Gasteiger partial charge in [0.25, 0.3) is 5.91 Å². The molecule has 2 aliphatic rings. The number of nitrogens with zero attached hydrogens (tertiary/aromatic N) is 2. The number of benzene rings is 1. The number of amides is 1. The fourth-order valence-corrected chi connectivity index (χ4v) is 5.57. The molecule has 1 aromatic carbocycles. The maximum Gasteiger partial charge on any atom is 0.335 e. The molecular weight excluding hydrogens is 462 g/mol. The fourth-order valence-electron chi connectivity index (χ4n) is 5.57. The Hall–Kier alpha value is -2.37. The van der Waals surface area contributed by atoms with Gasteiger partial charge in [-0.05, 0) is 80.4 Å². The third-order valence-electron chi connectivity index (χ3n) is 8.64. The zero-order chi connectivity index (χ0) is 27.4. The van der Waals surface area contributed by atoms with E-state index in [1.807, 2.05) is 17.0 Å². The Morgan fingerprint density at radius 3 is 2.24 bits per heavy atom. The van der Waals surface area contributed by atoms with Gasteiger partial charge in [-0.3, -0.25) is 4.79 Å². The lowest BCUT2D eigenvalue weighted by molar-refractivity contribution is -0.131. The number of aliphatic imine (C=N–C) groups is 1. The summed E-state index contributed by atoms with van der Waals surface area (Å²) in [6.45, 7) is 15.6. The van der Waals surface area contributed by atoms with E-state index in [2.05, 4.69) is 53.8 Å². The van der Waals surface area contributed by atoms with Gasteiger partial charge in [-0.15, -0.1) is 0 Å². The summed E-state index contributed by atoms with van der Waals surface area (Å²) in [7, 11) is 0. The lowest BCUT2D eigenvalue weighted by Gasteiger charge is -2.41. The molecule has 1 aliphatic heterocycles. The van der Waals surface area contributed by atoms with Gasteiger partial charge in [-0.2, -0.15) is 0 Å². The van der Waals surface area contributed by atoms with Gasteiger partial charge in [0.2, 0.25) is 0 Å². The minimum absolute atomic E-state index is 0.0208. The number of carboxylic acids is 1. The second-order valence-electron chi connectivity index (χ2n) is 13.1. The summed E-state index contributed by atoms with van der Waals surface area (Å²) in [6.07, 6.45) is 9.34. The van der Waals surface area contributed by atoms with Crippen molar-refractivity contribution in [1.82, 2.24) is 10.2 Å². The smallest absolute Gasteiger partial charge is 0.335 e. The van der Waals surface area contributed by atoms with Crippen molar-refractivity contribution in [1.29, 1.82) is 0 Å². The van der Waals surface area contributed by atoms with Crippen molar-refractivity contribution < 1.29 is 14.7 Å². The van der Waals surface area contributed by atoms with Crippen LogP contribution in [0.2, 0.25) is 0 Å². The zero-order valence-electron chi connectivity index (χ0n) is 24.1. The molecule has 6 heteroatoms. The Labute approximate surface area is 224 Å². The molecule has 0 radical (unpaired) electrons. The third kappa shape index (κ3) is 7.36. The molecule has 0 saturated heterocycles. The van der Waals surface area contributed by atoms with Crippen LogP contribution in [0.3, 0.4) is 0 Å². The zero-order valence-corrected chi connectivity index (χ0v) is 24.1. The molecular formula is C31H49N3O3. The molecule has 0 spiro atoms. The van der Waals surface area contributed by atoms with Gasteiger partial charge in [0.15, 0.2) is 5.84 Å². The average molecular weight is 512 g/mol. The van der Waals surface area contributed by atoms with Crippen LogP contribution in [0.5, 0.6) is 0 Å². The standard InChI is InChI=1S/C31H49N3O3/c1-21(2)13-18-26(23-14-16-24(17-15-23)29(36)37)34-28(35)27(32-25-11-9-8-10-12-25)33-31(34,7)20-19-22(3)30(4,5)6/h14-17,21-22,25-26H,8-13,18-20H2,1-7H3,(H,32,33)(H,36,37)/t22?,26-,31?/m1/s1. The highest BCUT2D eigenvalue weighted by molar-refractivity contribution is 6.39. The predicted molar refractivity (Wildman–Crippen MR) is 151 cm³/mol. The summed E-state index contributed by atoms with van der Waals surface area (Å²) in [6, 6.07) is 7.21. The maximum atomic E-state index is 14.1. The van der Waals surface area contributed by atoms with E-state index in [9.17, 15) is 14.7 Å². The summed E-state index contributed by atoms with van der Waals surface area (Å²) >= 11 is 0. The highest BCUT2D eigenvalue weighted by Gasteiger charge is 2.48. The summed E-state index contributed by atoms with van der Waals surface area (Å²) in [5.74, 6) is 0.523. The number of hydrogen-bond acceptors (Lipinski definition) is 4. The largest absolute Gasteiger partial charge is 0.478 e. The minimum Gasteiger partial charge on any atom is -0.478 e. The number of nitrogens with one attached hydrogen (secondary N) is 1. The normalized spacial score (nSPS) is 22.8. The summed E-state index contributed by atoms with van der Waals surface area (Å²) < 4.78 is 0. The molecule has 1 amide bonds. The van der Waals surface area contributed by atoms with Crippen LogP contribution < -0.4 is 5.32 Å². The van der Waals surface area contributed by atoms with Crippen LogP contribution in [0.4, 0.5) is 0 Å². The van der Waals surface area contributed by atoms with Gasteiger partial charge in [0, 0.05) is 6.04 Å². The topological polar surface area (TPSA) is 82.0 Å². The van der Waals surface area contributed by atoms with Crippen molar-refractivity contribution >= 4 is 17.7 Å². The van der Waals surface area contributed by atoms with Crippen LogP contribution in [0.25, 0.3) is 0 Å². The number of hydrogen-bond donors (Lipinski definition) is 2. The molecule has 0 aromatic heterocycles. The number of rotatable bonds is 10. The number of carboxylic acid groups (broad SMARTS) is 1. The third-order valence-corrected chi connectivity index (χ3v) is 8.64. The SMILES string of the molecule is CC(C)CC[C@H](c1ccc(C(=O)O)cc1)N1C(=O)C(NC2CCCCC2)=NC1(C)CCC(C)C(C)(C)C. The van der Waals surface area contributed by atoms with Crippen molar-refractivity contribution in [2.75, 3.05) is 0 Å². The van der Waals surface area contributed by atoms with E-state index >= 15 is 0 Å². The van der Waals surface area contributed by atoms with Crippen molar-refractivity contribution in [2.24, 2.45) is 22.2 Å². The van der Waals surface area contributed by atoms with Crippen LogP contribution >= 0.6 is 0 Å². The van der Waals surface area contributed by atoms with Crippen LogP contribution in [0.15, 0.2) is 29.3 Å². The van der Waals surface area contributed by atoms with Crippen molar-refractivity contribution in [3.05, 3.63) is 35.4 Å². The highest BCUT2D eigenvalue weighted by Crippen LogP contribution is 2.42. The van der Waals surface area contributed by atoms with E-state index in [1.165, 1.54) is 19.3 Å². The van der Waals surface area contributed by atoms with E-state index in [-0.39, 0.29) is 22.9 Å². The maximum absolute atomic E-state index is 14.1. The Morgan fingerprint density at radius 1 is 1.08 bits per heavy atom.